The van der Waals surface area contributed by atoms with Crippen molar-refractivity contribution in [2.45, 2.75) is 38.7 Å². The molecule has 1 aliphatic rings. The molecule has 120 valence electrons. The van der Waals surface area contributed by atoms with Gasteiger partial charge in [-0.2, -0.15) is 0 Å². The second-order valence-corrected chi connectivity index (χ2v) is 5.29. The maximum absolute atomic E-state index is 9.54. The molecule has 1 heterocycles. The summed E-state index contributed by atoms with van der Waals surface area (Å²) in [5, 5.41) is 9.54. The van der Waals surface area contributed by atoms with E-state index < -0.39 is 0 Å². The van der Waals surface area contributed by atoms with Gasteiger partial charge in [-0.1, -0.05) is 13.3 Å². The highest BCUT2D eigenvalue weighted by molar-refractivity contribution is 4.71. The topological polar surface area (TPSA) is 51.2 Å². The number of likely N-dealkylation sites (tertiary alicyclic amines) is 1. The predicted octanol–water partition coefficient (Wildman–Crippen LogP) is 1.29. The standard InChI is InChI=1S/C15H31NO4/c1-2-3-8-18-10-12-20-13-11-19-9-7-16-6-4-5-15(17)14-16/h15,17H,2-14H2,1H3/t15-/m0/s1. The summed E-state index contributed by atoms with van der Waals surface area (Å²) >= 11 is 0. The third-order valence-corrected chi connectivity index (χ3v) is 3.42. The van der Waals surface area contributed by atoms with Crippen LogP contribution in [0.3, 0.4) is 0 Å². The second kappa shape index (κ2) is 12.5. The Morgan fingerprint density at radius 3 is 2.30 bits per heavy atom. The van der Waals surface area contributed by atoms with E-state index in [1.165, 1.54) is 6.42 Å². The summed E-state index contributed by atoms with van der Waals surface area (Å²) in [6, 6.07) is 0. The van der Waals surface area contributed by atoms with Crippen LogP contribution >= 0.6 is 0 Å². The summed E-state index contributed by atoms with van der Waals surface area (Å²) in [5.41, 5.74) is 0. The lowest BCUT2D eigenvalue weighted by atomic mass is 10.1. The smallest absolute Gasteiger partial charge is 0.0701 e. The molecule has 5 nitrogen and oxygen atoms in total. The highest BCUT2D eigenvalue weighted by atomic mass is 16.5. The molecule has 0 spiro atoms. The number of β-amino-alcohol motifs (C(OH)–C–C–N with tert-alkyl or cyclic N) is 1. The second-order valence-electron chi connectivity index (χ2n) is 5.29. The number of rotatable bonds is 12. The molecule has 0 unspecified atom stereocenters. The number of aliphatic hydroxyl groups is 1. The average molecular weight is 289 g/mol. The number of piperidine rings is 1. The molecule has 1 rings (SSSR count). The lowest BCUT2D eigenvalue weighted by Gasteiger charge is -2.29. The van der Waals surface area contributed by atoms with Crippen molar-refractivity contribution in [1.82, 2.24) is 4.90 Å². The fourth-order valence-electron chi connectivity index (χ4n) is 2.22. The predicted molar refractivity (Wildman–Crippen MR) is 79.0 cm³/mol. The maximum Gasteiger partial charge on any atom is 0.0701 e. The van der Waals surface area contributed by atoms with Gasteiger partial charge < -0.3 is 19.3 Å². The van der Waals surface area contributed by atoms with Crippen LogP contribution in [0.25, 0.3) is 0 Å². The molecule has 0 radical (unpaired) electrons. The molecule has 0 aromatic heterocycles. The fraction of sp³-hybridized carbons (Fsp3) is 1.00. The van der Waals surface area contributed by atoms with Crippen molar-refractivity contribution < 1.29 is 19.3 Å². The van der Waals surface area contributed by atoms with Gasteiger partial charge in [0.1, 0.15) is 0 Å². The first-order chi connectivity index (χ1) is 9.83. The summed E-state index contributed by atoms with van der Waals surface area (Å²) in [7, 11) is 0. The summed E-state index contributed by atoms with van der Waals surface area (Å²) in [4.78, 5) is 2.26. The highest BCUT2D eigenvalue weighted by Gasteiger charge is 2.16. The molecule has 0 aromatic carbocycles. The van der Waals surface area contributed by atoms with Crippen molar-refractivity contribution in [3.8, 4) is 0 Å². The van der Waals surface area contributed by atoms with E-state index in [1.807, 2.05) is 0 Å². The van der Waals surface area contributed by atoms with E-state index in [0.29, 0.717) is 33.0 Å². The van der Waals surface area contributed by atoms with Gasteiger partial charge >= 0.3 is 0 Å². The third-order valence-electron chi connectivity index (χ3n) is 3.42. The Morgan fingerprint density at radius 2 is 1.65 bits per heavy atom. The van der Waals surface area contributed by atoms with Gasteiger partial charge in [-0.15, -0.1) is 0 Å². The summed E-state index contributed by atoms with van der Waals surface area (Å²) in [6.45, 7) is 9.03. The molecule has 0 aliphatic carbocycles. The molecule has 0 bridgehead atoms. The molecular weight excluding hydrogens is 258 g/mol. The zero-order valence-corrected chi connectivity index (χ0v) is 12.9. The van der Waals surface area contributed by atoms with Crippen LogP contribution in [0.4, 0.5) is 0 Å². The number of hydrogen-bond donors (Lipinski definition) is 1. The van der Waals surface area contributed by atoms with Crippen LogP contribution in [0.1, 0.15) is 32.6 Å². The van der Waals surface area contributed by atoms with Crippen molar-refractivity contribution in [1.29, 1.82) is 0 Å². The Kier molecular flexibility index (Phi) is 11.2. The monoisotopic (exact) mass is 289 g/mol. The largest absolute Gasteiger partial charge is 0.392 e. The average Bonchev–Trinajstić information content (AvgIpc) is 2.45. The van der Waals surface area contributed by atoms with E-state index in [9.17, 15) is 5.11 Å². The molecule has 0 aromatic rings. The van der Waals surface area contributed by atoms with Crippen molar-refractivity contribution in [2.75, 3.05) is 59.3 Å². The van der Waals surface area contributed by atoms with Gasteiger partial charge in [0.2, 0.25) is 0 Å². The molecule has 1 atom stereocenters. The minimum absolute atomic E-state index is 0.153. The molecule has 1 saturated heterocycles. The normalized spacial score (nSPS) is 20.4. The molecule has 20 heavy (non-hydrogen) atoms. The van der Waals surface area contributed by atoms with Crippen LogP contribution in [-0.4, -0.2) is 75.4 Å². The van der Waals surface area contributed by atoms with Crippen molar-refractivity contribution in [2.24, 2.45) is 0 Å². The van der Waals surface area contributed by atoms with Gasteiger partial charge in [-0.25, -0.2) is 0 Å². The van der Waals surface area contributed by atoms with Crippen molar-refractivity contribution in [3.05, 3.63) is 0 Å². The number of ether oxygens (including phenoxy) is 3. The minimum Gasteiger partial charge on any atom is -0.392 e. The Morgan fingerprint density at radius 1 is 1.00 bits per heavy atom. The van der Waals surface area contributed by atoms with Crippen molar-refractivity contribution >= 4 is 0 Å². The zero-order chi connectivity index (χ0) is 14.5. The van der Waals surface area contributed by atoms with E-state index in [0.717, 1.165) is 45.5 Å². The SMILES string of the molecule is CCCCOCCOCCOCCN1CCC[C@H](O)C1. The number of aliphatic hydroxyl groups excluding tert-OH is 1. The molecule has 1 aliphatic heterocycles. The Labute approximate surface area is 123 Å². The summed E-state index contributed by atoms with van der Waals surface area (Å²) < 4.78 is 16.3. The van der Waals surface area contributed by atoms with Gasteiger partial charge in [0.05, 0.1) is 39.1 Å². The number of hydrogen-bond acceptors (Lipinski definition) is 5. The van der Waals surface area contributed by atoms with Gasteiger partial charge in [0.25, 0.3) is 0 Å². The zero-order valence-electron chi connectivity index (χ0n) is 12.9. The van der Waals surface area contributed by atoms with Gasteiger partial charge in [-0.05, 0) is 25.8 Å². The van der Waals surface area contributed by atoms with E-state index in [1.54, 1.807) is 0 Å². The Hall–Kier alpha value is -0.200. The van der Waals surface area contributed by atoms with Gasteiger partial charge in [0.15, 0.2) is 0 Å². The van der Waals surface area contributed by atoms with Crippen LogP contribution < -0.4 is 0 Å². The van der Waals surface area contributed by atoms with Crippen LogP contribution in [0.5, 0.6) is 0 Å². The lowest BCUT2D eigenvalue weighted by molar-refractivity contribution is 0.00390. The molecule has 0 saturated carbocycles. The Balaban J connectivity index is 1.76. The van der Waals surface area contributed by atoms with Crippen molar-refractivity contribution in [3.63, 3.8) is 0 Å². The van der Waals surface area contributed by atoms with E-state index in [2.05, 4.69) is 11.8 Å². The van der Waals surface area contributed by atoms with E-state index >= 15 is 0 Å². The highest BCUT2D eigenvalue weighted by Crippen LogP contribution is 2.08. The van der Waals surface area contributed by atoms with Gasteiger partial charge in [0, 0.05) is 19.7 Å². The fourth-order valence-corrected chi connectivity index (χ4v) is 2.22. The van der Waals surface area contributed by atoms with Gasteiger partial charge in [-0.3, -0.25) is 4.90 Å². The third kappa shape index (κ3) is 9.66. The first-order valence-electron chi connectivity index (χ1n) is 7.96. The molecule has 0 amide bonds. The first-order valence-corrected chi connectivity index (χ1v) is 7.96. The van der Waals surface area contributed by atoms with E-state index in [4.69, 9.17) is 14.2 Å². The quantitative estimate of drug-likeness (QED) is 0.549. The maximum atomic E-state index is 9.54. The molecule has 5 heteroatoms. The summed E-state index contributed by atoms with van der Waals surface area (Å²) in [5.74, 6) is 0. The van der Waals surface area contributed by atoms with Crippen LogP contribution in [0.15, 0.2) is 0 Å². The molecular formula is C15H31NO4. The minimum atomic E-state index is -0.153. The van der Waals surface area contributed by atoms with Crippen LogP contribution in [0, 0.1) is 0 Å². The van der Waals surface area contributed by atoms with Crippen LogP contribution in [0.2, 0.25) is 0 Å². The van der Waals surface area contributed by atoms with Crippen LogP contribution in [-0.2, 0) is 14.2 Å². The van der Waals surface area contributed by atoms with E-state index in [-0.39, 0.29) is 6.10 Å². The first kappa shape index (κ1) is 17.9. The molecule has 1 N–H and O–H groups in total. The Bertz CT molecular complexity index is 216. The lowest BCUT2D eigenvalue weighted by Crippen LogP contribution is -2.40. The summed E-state index contributed by atoms with van der Waals surface area (Å²) in [6.07, 6.45) is 4.16. The number of nitrogens with zero attached hydrogens (tertiary/aromatic N) is 1. The number of unbranched alkanes of at least 4 members (excludes halogenated alkanes) is 1. The molecule has 1 fully saturated rings.